The number of ether oxygens (including phenoxy) is 2. The van der Waals surface area contributed by atoms with Crippen LogP contribution in [0.5, 0.6) is 5.75 Å². The van der Waals surface area contributed by atoms with E-state index in [1.807, 2.05) is 36.4 Å². The van der Waals surface area contributed by atoms with Crippen molar-refractivity contribution in [1.29, 1.82) is 0 Å². The lowest BCUT2D eigenvalue weighted by molar-refractivity contribution is -0.152. The molecule has 180 valence electrons. The van der Waals surface area contributed by atoms with Gasteiger partial charge in [0.2, 0.25) is 5.89 Å². The zero-order chi connectivity index (χ0) is 24.9. The molecule has 10 heteroatoms. The highest BCUT2D eigenvalue weighted by atomic mass is 19.1. The van der Waals surface area contributed by atoms with Crippen LogP contribution in [-0.2, 0) is 27.4 Å². The van der Waals surface area contributed by atoms with Crippen LogP contribution in [0.15, 0.2) is 69.9 Å². The summed E-state index contributed by atoms with van der Waals surface area (Å²) in [7, 11) is 3.21. The van der Waals surface area contributed by atoms with E-state index in [0.717, 1.165) is 26.8 Å². The first-order chi connectivity index (χ1) is 16.8. The first kappa shape index (κ1) is 23.7. The van der Waals surface area contributed by atoms with Gasteiger partial charge in [0.1, 0.15) is 18.1 Å². The van der Waals surface area contributed by atoms with Crippen molar-refractivity contribution in [3.63, 3.8) is 0 Å². The van der Waals surface area contributed by atoms with Crippen LogP contribution >= 0.6 is 0 Å². The molecule has 9 nitrogen and oxygen atoms in total. The van der Waals surface area contributed by atoms with Gasteiger partial charge in [-0.2, -0.15) is 4.68 Å². The summed E-state index contributed by atoms with van der Waals surface area (Å²) < 4.78 is 29.1. The Morgan fingerprint density at radius 3 is 2.51 bits per heavy atom. The van der Waals surface area contributed by atoms with Gasteiger partial charge in [0.15, 0.2) is 6.61 Å². The first-order valence-electron chi connectivity index (χ1n) is 10.6. The molecule has 0 fully saturated rings. The number of hydrogen-bond donors (Lipinski definition) is 0. The van der Waals surface area contributed by atoms with Gasteiger partial charge in [-0.05, 0) is 58.8 Å². The van der Waals surface area contributed by atoms with Crippen molar-refractivity contribution in [2.24, 2.45) is 0 Å². The SMILES string of the molecule is COc1ccc2cc(CN(C)C(=O)COC(=O)Cn3nc(-c4ccc(F)cc4)oc3=O)ccc2c1. The van der Waals surface area contributed by atoms with Crippen LogP contribution in [0, 0.1) is 5.82 Å². The number of benzene rings is 3. The summed E-state index contributed by atoms with van der Waals surface area (Å²) in [5, 5.41) is 5.94. The highest BCUT2D eigenvalue weighted by Gasteiger charge is 2.17. The molecule has 0 atom stereocenters. The van der Waals surface area contributed by atoms with Crippen LogP contribution < -0.4 is 10.5 Å². The van der Waals surface area contributed by atoms with Crippen LogP contribution in [0.3, 0.4) is 0 Å². The first-order valence-corrected chi connectivity index (χ1v) is 10.6. The van der Waals surface area contributed by atoms with Gasteiger partial charge in [0.05, 0.1) is 7.11 Å². The second-order valence-electron chi connectivity index (χ2n) is 7.80. The molecule has 0 bridgehead atoms. The Kier molecular flexibility index (Phi) is 6.91. The average molecular weight is 479 g/mol. The molecule has 1 aromatic heterocycles. The molecule has 3 aromatic carbocycles. The Balaban J connectivity index is 1.31. The van der Waals surface area contributed by atoms with E-state index in [0.29, 0.717) is 12.1 Å². The van der Waals surface area contributed by atoms with Gasteiger partial charge < -0.3 is 18.8 Å². The Hall–Kier alpha value is -4.47. The van der Waals surface area contributed by atoms with Crippen LogP contribution in [-0.4, -0.2) is 47.3 Å². The lowest BCUT2D eigenvalue weighted by Crippen LogP contribution is -2.32. The molecule has 0 aliphatic rings. The second kappa shape index (κ2) is 10.2. The lowest BCUT2D eigenvalue weighted by Gasteiger charge is -2.17. The maximum absolute atomic E-state index is 13.1. The van der Waals surface area contributed by atoms with E-state index in [1.54, 1.807) is 14.2 Å². The monoisotopic (exact) mass is 479 g/mol. The predicted molar refractivity (Wildman–Crippen MR) is 124 cm³/mol. The van der Waals surface area contributed by atoms with E-state index >= 15 is 0 Å². The Morgan fingerprint density at radius 2 is 1.77 bits per heavy atom. The van der Waals surface area contributed by atoms with E-state index in [-0.39, 0.29) is 5.89 Å². The van der Waals surface area contributed by atoms with Crippen LogP contribution in [0.1, 0.15) is 5.56 Å². The molecule has 4 rings (SSSR count). The topological polar surface area (TPSA) is 104 Å². The number of rotatable bonds is 8. The summed E-state index contributed by atoms with van der Waals surface area (Å²) in [5.74, 6) is -1.86. The highest BCUT2D eigenvalue weighted by molar-refractivity contribution is 5.85. The van der Waals surface area contributed by atoms with Crippen molar-refractivity contribution >= 4 is 22.6 Å². The molecular weight excluding hydrogens is 457 g/mol. The van der Waals surface area contributed by atoms with Gasteiger partial charge in [-0.25, -0.2) is 9.18 Å². The molecule has 1 heterocycles. The Bertz CT molecular complexity index is 1430. The quantitative estimate of drug-likeness (QED) is 0.358. The van der Waals surface area contributed by atoms with E-state index in [4.69, 9.17) is 13.9 Å². The van der Waals surface area contributed by atoms with E-state index in [1.165, 1.54) is 29.2 Å². The van der Waals surface area contributed by atoms with Crippen LogP contribution in [0.25, 0.3) is 22.2 Å². The van der Waals surface area contributed by atoms with Gasteiger partial charge in [-0.15, -0.1) is 5.10 Å². The summed E-state index contributed by atoms with van der Waals surface area (Å²) in [6.07, 6.45) is 0. The van der Waals surface area contributed by atoms with Crippen LogP contribution in [0.2, 0.25) is 0 Å². The van der Waals surface area contributed by atoms with Gasteiger partial charge in [0, 0.05) is 19.2 Å². The minimum Gasteiger partial charge on any atom is -0.497 e. The largest absolute Gasteiger partial charge is 0.497 e. The lowest BCUT2D eigenvalue weighted by atomic mass is 10.1. The summed E-state index contributed by atoms with van der Waals surface area (Å²) >= 11 is 0. The maximum Gasteiger partial charge on any atom is 0.437 e. The summed E-state index contributed by atoms with van der Waals surface area (Å²) in [6, 6.07) is 16.7. The van der Waals surface area contributed by atoms with Gasteiger partial charge in [-0.3, -0.25) is 9.59 Å². The number of aromatic nitrogens is 2. The molecular formula is C25H22FN3O6. The van der Waals surface area contributed by atoms with Crippen molar-refractivity contribution in [1.82, 2.24) is 14.7 Å². The third kappa shape index (κ3) is 5.72. The minimum absolute atomic E-state index is 0.0626. The molecule has 0 aliphatic carbocycles. The number of hydrogen-bond acceptors (Lipinski definition) is 7. The number of halogens is 1. The number of esters is 1. The number of nitrogens with zero attached hydrogens (tertiary/aromatic N) is 3. The number of carbonyl (C=O) groups is 2. The molecule has 4 aromatic rings. The van der Waals surface area contributed by atoms with Crippen molar-refractivity contribution in [3.05, 3.63) is 82.6 Å². The minimum atomic E-state index is -0.876. The molecule has 0 saturated heterocycles. The van der Waals surface area contributed by atoms with Gasteiger partial charge >= 0.3 is 11.7 Å². The van der Waals surface area contributed by atoms with Gasteiger partial charge in [-0.1, -0.05) is 18.2 Å². The molecule has 0 saturated carbocycles. The standard InChI is InChI=1S/C25H22FN3O6/c1-28(13-16-3-4-19-12-21(33-2)10-7-18(19)11-16)22(30)15-34-23(31)14-29-25(32)35-24(27-29)17-5-8-20(26)9-6-17/h3-12H,13-15H2,1-2H3. The zero-order valence-electron chi connectivity index (χ0n) is 19.1. The molecule has 0 N–H and O–H groups in total. The van der Waals surface area contributed by atoms with Crippen molar-refractivity contribution < 1.29 is 27.9 Å². The van der Waals surface area contributed by atoms with E-state index < -0.39 is 36.6 Å². The van der Waals surface area contributed by atoms with Gasteiger partial charge in [0.25, 0.3) is 5.91 Å². The molecule has 0 radical (unpaired) electrons. The Morgan fingerprint density at radius 1 is 1.06 bits per heavy atom. The highest BCUT2D eigenvalue weighted by Crippen LogP contribution is 2.22. The predicted octanol–water partition coefficient (Wildman–Crippen LogP) is 3.01. The van der Waals surface area contributed by atoms with E-state index in [9.17, 15) is 18.8 Å². The average Bonchev–Trinajstić information content (AvgIpc) is 3.22. The van der Waals surface area contributed by atoms with Crippen molar-refractivity contribution in [2.75, 3.05) is 20.8 Å². The maximum atomic E-state index is 13.1. The smallest absolute Gasteiger partial charge is 0.437 e. The van der Waals surface area contributed by atoms with Crippen LogP contribution in [0.4, 0.5) is 4.39 Å². The number of amides is 1. The zero-order valence-corrected chi connectivity index (χ0v) is 19.1. The summed E-state index contributed by atoms with van der Waals surface area (Å²) in [6.45, 7) is -0.700. The fraction of sp³-hybridized carbons (Fsp3) is 0.200. The summed E-state index contributed by atoms with van der Waals surface area (Å²) in [4.78, 5) is 38.0. The number of carbonyl (C=O) groups excluding carboxylic acids is 2. The van der Waals surface area contributed by atoms with Crippen molar-refractivity contribution in [2.45, 2.75) is 13.1 Å². The molecule has 0 unspecified atom stereocenters. The second-order valence-corrected chi connectivity index (χ2v) is 7.80. The third-order valence-electron chi connectivity index (χ3n) is 5.29. The normalized spacial score (nSPS) is 10.8. The summed E-state index contributed by atoms with van der Waals surface area (Å²) in [5.41, 5.74) is 1.28. The number of methoxy groups -OCH3 is 1. The fourth-order valence-electron chi connectivity index (χ4n) is 3.40. The van der Waals surface area contributed by atoms with E-state index in [2.05, 4.69) is 5.10 Å². The molecule has 35 heavy (non-hydrogen) atoms. The number of likely N-dealkylation sites (N-methyl/N-ethyl adjacent to an activating group) is 1. The third-order valence-corrected chi connectivity index (χ3v) is 5.29. The van der Waals surface area contributed by atoms with Crippen molar-refractivity contribution in [3.8, 4) is 17.2 Å². The Labute approximate surface area is 199 Å². The molecule has 0 aliphatic heterocycles. The molecule has 1 amide bonds. The number of fused-ring (bicyclic) bond motifs is 1. The molecule has 0 spiro atoms. The fourth-order valence-corrected chi connectivity index (χ4v) is 3.40.